The fraction of sp³-hybridized carbons (Fsp3) is 0.0769. The number of carbonyl (C=O) groups excluding carboxylic acids is 1. The van der Waals surface area contributed by atoms with Crippen LogP contribution in [0.5, 0.6) is 0 Å². The van der Waals surface area contributed by atoms with Crippen molar-refractivity contribution in [3.63, 3.8) is 0 Å². The molecule has 7 nitrogen and oxygen atoms in total. The molecule has 20 heavy (non-hydrogen) atoms. The molecule has 7 heteroatoms. The molecule has 0 saturated carbocycles. The van der Waals surface area contributed by atoms with E-state index in [1.165, 1.54) is 18.6 Å². The molecule has 3 heterocycles. The average molecular weight is 269 g/mol. The molecule has 3 N–H and O–H groups in total. The second kappa shape index (κ2) is 4.61. The molecule has 3 aromatic heterocycles. The van der Waals surface area contributed by atoms with Crippen molar-refractivity contribution in [2.75, 3.05) is 5.32 Å². The summed E-state index contributed by atoms with van der Waals surface area (Å²) in [5.74, 6) is -0.491. The third-order valence-corrected chi connectivity index (χ3v) is 2.88. The molecule has 0 radical (unpaired) electrons. The Bertz CT molecular complexity index is 836. The van der Waals surface area contributed by atoms with Crippen LogP contribution in [0.2, 0.25) is 0 Å². The molecular weight excluding hydrogens is 258 g/mol. The summed E-state index contributed by atoms with van der Waals surface area (Å²) in [6.45, 7) is 1.83. The van der Waals surface area contributed by atoms with Gasteiger partial charge in [-0.05, 0) is 19.1 Å². The highest BCUT2D eigenvalue weighted by Crippen LogP contribution is 2.08. The second-order valence-electron chi connectivity index (χ2n) is 4.32. The molecule has 0 aliphatic carbocycles. The van der Waals surface area contributed by atoms with Gasteiger partial charge in [0.1, 0.15) is 11.2 Å². The van der Waals surface area contributed by atoms with E-state index in [2.05, 4.69) is 25.5 Å². The molecule has 0 aliphatic heterocycles. The monoisotopic (exact) mass is 269 g/mol. The first-order chi connectivity index (χ1) is 9.65. The minimum atomic E-state index is -0.491. The van der Waals surface area contributed by atoms with Gasteiger partial charge >= 0.3 is 0 Å². The lowest BCUT2D eigenvalue weighted by Gasteiger charge is -2.04. The van der Waals surface area contributed by atoms with Crippen LogP contribution in [0.1, 0.15) is 16.1 Å². The van der Waals surface area contributed by atoms with E-state index in [1.54, 1.807) is 12.1 Å². The number of pyridine rings is 2. The molecule has 0 atom stereocenters. The Balaban J connectivity index is 2.04. The van der Waals surface area contributed by atoms with E-state index >= 15 is 0 Å². The molecule has 0 aliphatic rings. The summed E-state index contributed by atoms with van der Waals surface area (Å²) < 4.78 is 0. The van der Waals surface area contributed by atoms with Crippen molar-refractivity contribution in [1.82, 2.24) is 20.2 Å². The Morgan fingerprint density at radius 1 is 1.30 bits per heavy atom. The lowest BCUT2D eigenvalue weighted by molar-refractivity contribution is 0.102. The predicted molar refractivity (Wildman–Crippen MR) is 73.6 cm³/mol. The van der Waals surface area contributed by atoms with E-state index < -0.39 is 5.91 Å². The van der Waals surface area contributed by atoms with Crippen LogP contribution in [-0.4, -0.2) is 26.1 Å². The van der Waals surface area contributed by atoms with Gasteiger partial charge in [0.2, 0.25) is 5.43 Å². The first kappa shape index (κ1) is 12.1. The van der Waals surface area contributed by atoms with Crippen LogP contribution in [-0.2, 0) is 0 Å². The predicted octanol–water partition coefficient (Wildman–Crippen LogP) is 1.21. The molecule has 0 saturated heterocycles. The van der Waals surface area contributed by atoms with Crippen LogP contribution in [0.25, 0.3) is 11.0 Å². The zero-order valence-electron chi connectivity index (χ0n) is 10.6. The topological polar surface area (TPSA) is 104 Å². The Kier molecular flexibility index (Phi) is 2.79. The van der Waals surface area contributed by atoms with Crippen LogP contribution < -0.4 is 10.7 Å². The third-order valence-electron chi connectivity index (χ3n) is 2.88. The number of aromatic nitrogens is 4. The van der Waals surface area contributed by atoms with Crippen molar-refractivity contribution < 1.29 is 4.79 Å². The molecule has 0 aromatic carbocycles. The van der Waals surface area contributed by atoms with Gasteiger partial charge < -0.3 is 10.3 Å². The average Bonchev–Trinajstić information content (AvgIpc) is 2.91. The van der Waals surface area contributed by atoms with Crippen LogP contribution >= 0.6 is 0 Å². The lowest BCUT2D eigenvalue weighted by Crippen LogP contribution is -2.22. The molecule has 0 spiro atoms. The third kappa shape index (κ3) is 2.05. The van der Waals surface area contributed by atoms with Gasteiger partial charge in [0.05, 0.1) is 17.3 Å². The number of nitrogens with one attached hydrogen (secondary N) is 3. The SMILES string of the molecule is Cc1ccc2c(=O)c(C(=O)Nc3cn[nH]c3)c[nH]c2n1. The number of anilines is 1. The second-order valence-corrected chi connectivity index (χ2v) is 4.32. The van der Waals surface area contributed by atoms with Gasteiger partial charge in [-0.15, -0.1) is 0 Å². The fourth-order valence-electron chi connectivity index (χ4n) is 1.89. The molecule has 3 aromatic rings. The number of amides is 1. The van der Waals surface area contributed by atoms with Gasteiger partial charge in [-0.1, -0.05) is 0 Å². The van der Waals surface area contributed by atoms with Crippen molar-refractivity contribution in [3.8, 4) is 0 Å². The number of aromatic amines is 2. The summed E-state index contributed by atoms with van der Waals surface area (Å²) in [5, 5.41) is 9.26. The first-order valence-corrected chi connectivity index (χ1v) is 5.94. The summed E-state index contributed by atoms with van der Waals surface area (Å²) in [6, 6.07) is 3.39. The van der Waals surface area contributed by atoms with E-state index in [9.17, 15) is 9.59 Å². The minimum absolute atomic E-state index is 0.0318. The number of nitrogens with zero attached hydrogens (tertiary/aromatic N) is 2. The minimum Gasteiger partial charge on any atom is -0.345 e. The quantitative estimate of drug-likeness (QED) is 0.650. The number of rotatable bonds is 2. The van der Waals surface area contributed by atoms with E-state index in [1.807, 2.05) is 6.92 Å². The lowest BCUT2D eigenvalue weighted by atomic mass is 10.2. The summed E-state index contributed by atoms with van der Waals surface area (Å²) in [5.41, 5.74) is 1.44. The van der Waals surface area contributed by atoms with Crippen molar-refractivity contribution in [2.45, 2.75) is 6.92 Å². The molecule has 0 fully saturated rings. The van der Waals surface area contributed by atoms with Crippen molar-refractivity contribution in [2.24, 2.45) is 0 Å². The van der Waals surface area contributed by atoms with Gasteiger partial charge in [0.15, 0.2) is 0 Å². The molecule has 0 unspecified atom stereocenters. The highest BCUT2D eigenvalue weighted by Gasteiger charge is 2.14. The number of fused-ring (bicyclic) bond motifs is 1. The van der Waals surface area contributed by atoms with E-state index in [0.717, 1.165) is 5.69 Å². The normalized spacial score (nSPS) is 10.7. The Hall–Kier alpha value is -2.96. The zero-order chi connectivity index (χ0) is 14.1. The van der Waals surface area contributed by atoms with Gasteiger partial charge in [-0.25, -0.2) is 4.98 Å². The van der Waals surface area contributed by atoms with Gasteiger partial charge in [-0.3, -0.25) is 14.7 Å². The summed E-state index contributed by atoms with van der Waals surface area (Å²) in [6.07, 6.45) is 4.35. The fourth-order valence-corrected chi connectivity index (χ4v) is 1.89. The van der Waals surface area contributed by atoms with Gasteiger partial charge in [0, 0.05) is 18.1 Å². The highest BCUT2D eigenvalue weighted by molar-refractivity contribution is 6.05. The smallest absolute Gasteiger partial charge is 0.261 e. The van der Waals surface area contributed by atoms with Crippen molar-refractivity contribution >= 4 is 22.6 Å². The Morgan fingerprint density at radius 3 is 2.90 bits per heavy atom. The maximum atomic E-state index is 12.3. The summed E-state index contributed by atoms with van der Waals surface area (Å²) in [4.78, 5) is 31.4. The maximum absolute atomic E-state index is 12.3. The molecule has 0 bridgehead atoms. The van der Waals surface area contributed by atoms with Crippen molar-refractivity contribution in [3.05, 3.63) is 52.2 Å². The van der Waals surface area contributed by atoms with Crippen LogP contribution in [0, 0.1) is 6.92 Å². The molecule has 100 valence electrons. The maximum Gasteiger partial charge on any atom is 0.261 e. The standard InChI is InChI=1S/C13H11N5O2/c1-7-2-3-9-11(19)10(6-14-12(9)17-7)13(20)18-8-4-15-16-5-8/h2-6H,1H3,(H,15,16)(H,18,20)(H,14,17,19). The molecule has 1 amide bonds. The van der Waals surface area contributed by atoms with Crippen LogP contribution in [0.4, 0.5) is 5.69 Å². The molecule has 3 rings (SSSR count). The van der Waals surface area contributed by atoms with E-state index in [4.69, 9.17) is 0 Å². The zero-order valence-corrected chi connectivity index (χ0v) is 10.6. The summed E-state index contributed by atoms with van der Waals surface area (Å²) in [7, 11) is 0. The number of H-pyrrole nitrogens is 2. The highest BCUT2D eigenvalue weighted by atomic mass is 16.2. The Labute approximate surface area is 113 Å². The van der Waals surface area contributed by atoms with Gasteiger partial charge in [0.25, 0.3) is 5.91 Å². The van der Waals surface area contributed by atoms with Gasteiger partial charge in [-0.2, -0.15) is 5.10 Å². The summed E-state index contributed by atoms with van der Waals surface area (Å²) >= 11 is 0. The van der Waals surface area contributed by atoms with Crippen molar-refractivity contribution in [1.29, 1.82) is 0 Å². The number of aryl methyl sites for hydroxylation is 1. The van der Waals surface area contributed by atoms with Crippen LogP contribution in [0.3, 0.4) is 0 Å². The number of hydrogen-bond acceptors (Lipinski definition) is 4. The largest absolute Gasteiger partial charge is 0.345 e. The molecular formula is C13H11N5O2. The number of hydrogen-bond donors (Lipinski definition) is 3. The van der Waals surface area contributed by atoms with E-state index in [0.29, 0.717) is 16.7 Å². The Morgan fingerprint density at radius 2 is 2.15 bits per heavy atom. The number of carbonyl (C=O) groups is 1. The first-order valence-electron chi connectivity index (χ1n) is 5.94. The van der Waals surface area contributed by atoms with Crippen LogP contribution in [0.15, 0.2) is 35.5 Å². The van der Waals surface area contributed by atoms with E-state index in [-0.39, 0.29) is 11.0 Å².